The van der Waals surface area contributed by atoms with Gasteiger partial charge in [0, 0.05) is 29.9 Å². The van der Waals surface area contributed by atoms with Gasteiger partial charge in [-0.15, -0.1) is 0 Å². The van der Waals surface area contributed by atoms with Crippen LogP contribution in [-0.2, 0) is 16.1 Å². The Bertz CT molecular complexity index is 741. The Labute approximate surface area is 155 Å². The van der Waals surface area contributed by atoms with Crippen LogP contribution in [0.2, 0.25) is 0 Å². The van der Waals surface area contributed by atoms with Gasteiger partial charge in [-0.05, 0) is 42.7 Å². The molecule has 0 bridgehead atoms. The van der Waals surface area contributed by atoms with E-state index >= 15 is 0 Å². The third-order valence-corrected chi connectivity index (χ3v) is 5.34. The molecule has 1 N–H and O–H groups in total. The summed E-state index contributed by atoms with van der Waals surface area (Å²) in [6.45, 7) is 2.99. The molecule has 0 radical (unpaired) electrons. The van der Waals surface area contributed by atoms with Crippen LogP contribution in [-0.4, -0.2) is 36.6 Å². The maximum absolute atomic E-state index is 12.5. The fourth-order valence-electron chi connectivity index (χ4n) is 3.64. The topological polar surface area (TPSA) is 54.7 Å². The first-order valence-corrected chi connectivity index (χ1v) is 9.45. The van der Waals surface area contributed by atoms with Gasteiger partial charge >= 0.3 is 0 Å². The quantitative estimate of drug-likeness (QED) is 0.795. The van der Waals surface area contributed by atoms with Crippen molar-refractivity contribution in [3.8, 4) is 0 Å². The number of hydrogen-bond donors (Lipinski definition) is 1. The highest BCUT2D eigenvalue weighted by atomic mass is 79.9. The molecular formula is C19H21BrN2O3. The lowest BCUT2D eigenvalue weighted by Crippen LogP contribution is -2.36. The van der Waals surface area contributed by atoms with E-state index in [0.717, 1.165) is 47.5 Å². The van der Waals surface area contributed by atoms with E-state index in [0.29, 0.717) is 13.1 Å². The van der Waals surface area contributed by atoms with Gasteiger partial charge in [-0.3, -0.25) is 9.69 Å². The number of benzene rings is 1. The summed E-state index contributed by atoms with van der Waals surface area (Å²) in [5.41, 5.74) is 1.96. The standard InChI is InChI=1S/C19H21BrN2O3/c20-13-5-6-16-17(19(23)21-18(16)9-13)12-22(10-14-3-1-7-24-14)11-15-4-2-8-25-15/h1,3,5-7,9,15,17H,2,4,8,10-12H2,(H,21,23)/t15-,17+/m0/s1. The number of rotatable bonds is 6. The maximum atomic E-state index is 12.5. The van der Waals surface area contributed by atoms with E-state index in [-0.39, 0.29) is 17.9 Å². The smallest absolute Gasteiger partial charge is 0.233 e. The monoisotopic (exact) mass is 404 g/mol. The summed E-state index contributed by atoms with van der Waals surface area (Å²) in [6.07, 6.45) is 4.12. The number of fused-ring (bicyclic) bond motifs is 1. The number of amides is 1. The Balaban J connectivity index is 1.52. The van der Waals surface area contributed by atoms with E-state index in [1.165, 1.54) is 0 Å². The van der Waals surface area contributed by atoms with Gasteiger partial charge in [0.1, 0.15) is 5.76 Å². The minimum absolute atomic E-state index is 0.0601. The number of carbonyl (C=O) groups is 1. The number of furan rings is 1. The van der Waals surface area contributed by atoms with Gasteiger partial charge in [0.05, 0.1) is 24.8 Å². The Kier molecular flexibility index (Phi) is 4.92. The third-order valence-electron chi connectivity index (χ3n) is 4.85. The van der Waals surface area contributed by atoms with Crippen molar-refractivity contribution < 1.29 is 13.9 Å². The number of ether oxygens (including phenoxy) is 1. The molecule has 0 spiro atoms. The second-order valence-corrected chi connectivity index (χ2v) is 7.60. The average Bonchev–Trinajstić information content (AvgIpc) is 3.31. The second kappa shape index (κ2) is 7.32. The van der Waals surface area contributed by atoms with Crippen LogP contribution in [0, 0.1) is 0 Å². The molecule has 4 rings (SSSR count). The predicted octanol–water partition coefficient (Wildman–Crippen LogP) is 3.76. The van der Waals surface area contributed by atoms with E-state index in [9.17, 15) is 4.79 Å². The summed E-state index contributed by atoms with van der Waals surface area (Å²) in [5, 5.41) is 3.00. The predicted molar refractivity (Wildman–Crippen MR) is 98.5 cm³/mol. The van der Waals surface area contributed by atoms with Crippen LogP contribution in [0.1, 0.15) is 30.1 Å². The molecule has 2 aliphatic heterocycles. The van der Waals surface area contributed by atoms with Crippen LogP contribution in [0.4, 0.5) is 5.69 Å². The first kappa shape index (κ1) is 16.8. The van der Waals surface area contributed by atoms with E-state index in [1.807, 2.05) is 30.3 Å². The summed E-state index contributed by atoms with van der Waals surface area (Å²) in [7, 11) is 0. The molecule has 2 atom stereocenters. The lowest BCUT2D eigenvalue weighted by molar-refractivity contribution is -0.117. The molecule has 1 saturated heterocycles. The maximum Gasteiger partial charge on any atom is 0.233 e. The molecule has 1 fully saturated rings. The summed E-state index contributed by atoms with van der Waals surface area (Å²) in [5.74, 6) is 0.803. The number of anilines is 1. The van der Waals surface area contributed by atoms with E-state index in [4.69, 9.17) is 9.15 Å². The van der Waals surface area contributed by atoms with Gasteiger partial charge in [-0.1, -0.05) is 22.0 Å². The minimum Gasteiger partial charge on any atom is -0.468 e. The van der Waals surface area contributed by atoms with Crippen LogP contribution in [0.25, 0.3) is 0 Å². The van der Waals surface area contributed by atoms with Crippen molar-refractivity contribution in [1.29, 1.82) is 0 Å². The molecular weight excluding hydrogens is 384 g/mol. The van der Waals surface area contributed by atoms with Crippen molar-refractivity contribution in [1.82, 2.24) is 4.90 Å². The zero-order valence-electron chi connectivity index (χ0n) is 13.9. The van der Waals surface area contributed by atoms with Gasteiger partial charge in [0.2, 0.25) is 5.91 Å². The summed E-state index contributed by atoms with van der Waals surface area (Å²) in [6, 6.07) is 9.85. The van der Waals surface area contributed by atoms with Crippen molar-refractivity contribution in [2.24, 2.45) is 0 Å². The van der Waals surface area contributed by atoms with Crippen molar-refractivity contribution in [3.05, 3.63) is 52.4 Å². The number of halogens is 1. The van der Waals surface area contributed by atoms with E-state index in [1.54, 1.807) is 6.26 Å². The second-order valence-electron chi connectivity index (χ2n) is 6.68. The zero-order valence-corrected chi connectivity index (χ0v) is 15.5. The highest BCUT2D eigenvalue weighted by molar-refractivity contribution is 9.10. The van der Waals surface area contributed by atoms with Gasteiger partial charge in [-0.2, -0.15) is 0 Å². The molecule has 5 nitrogen and oxygen atoms in total. The Morgan fingerprint density at radius 1 is 1.28 bits per heavy atom. The SMILES string of the molecule is O=C1Nc2cc(Br)ccc2[C@H]1CN(Cc1ccco1)C[C@@H]1CCCO1. The molecule has 6 heteroatoms. The first-order chi connectivity index (χ1) is 12.2. The lowest BCUT2D eigenvalue weighted by atomic mass is 10.00. The fourth-order valence-corrected chi connectivity index (χ4v) is 4.01. The number of nitrogens with zero attached hydrogens (tertiary/aromatic N) is 1. The Morgan fingerprint density at radius 3 is 2.96 bits per heavy atom. The third kappa shape index (κ3) is 3.81. The molecule has 1 aromatic heterocycles. The average molecular weight is 405 g/mol. The molecule has 1 aromatic carbocycles. The number of nitrogens with one attached hydrogen (secondary N) is 1. The van der Waals surface area contributed by atoms with Gasteiger partial charge in [0.25, 0.3) is 0 Å². The summed E-state index contributed by atoms with van der Waals surface area (Å²) < 4.78 is 12.3. The largest absolute Gasteiger partial charge is 0.468 e. The van der Waals surface area contributed by atoms with Crippen molar-refractivity contribution >= 4 is 27.5 Å². The summed E-state index contributed by atoms with van der Waals surface area (Å²) >= 11 is 3.46. The van der Waals surface area contributed by atoms with Gasteiger partial charge in [0.15, 0.2) is 0 Å². The van der Waals surface area contributed by atoms with E-state index < -0.39 is 0 Å². The van der Waals surface area contributed by atoms with Crippen molar-refractivity contribution in [2.75, 3.05) is 25.0 Å². The summed E-state index contributed by atoms with van der Waals surface area (Å²) in [4.78, 5) is 14.8. The van der Waals surface area contributed by atoms with Gasteiger partial charge in [-0.25, -0.2) is 0 Å². The minimum atomic E-state index is -0.167. The molecule has 0 saturated carbocycles. The molecule has 2 aromatic rings. The zero-order chi connectivity index (χ0) is 17.2. The van der Waals surface area contributed by atoms with Crippen LogP contribution < -0.4 is 5.32 Å². The molecule has 2 aliphatic rings. The normalized spacial score (nSPS) is 22.4. The number of hydrogen-bond acceptors (Lipinski definition) is 4. The van der Waals surface area contributed by atoms with E-state index in [2.05, 4.69) is 26.1 Å². The Morgan fingerprint density at radius 2 is 2.20 bits per heavy atom. The Hall–Kier alpha value is -1.63. The van der Waals surface area contributed by atoms with Crippen LogP contribution in [0.5, 0.6) is 0 Å². The number of carbonyl (C=O) groups excluding carboxylic acids is 1. The highest BCUT2D eigenvalue weighted by Gasteiger charge is 2.33. The van der Waals surface area contributed by atoms with Gasteiger partial charge < -0.3 is 14.5 Å². The molecule has 25 heavy (non-hydrogen) atoms. The first-order valence-electron chi connectivity index (χ1n) is 8.66. The molecule has 0 aliphatic carbocycles. The molecule has 1 amide bonds. The van der Waals surface area contributed by atoms with Crippen LogP contribution in [0.3, 0.4) is 0 Å². The van der Waals surface area contributed by atoms with Crippen LogP contribution in [0.15, 0.2) is 45.5 Å². The van der Waals surface area contributed by atoms with Crippen molar-refractivity contribution in [2.45, 2.75) is 31.4 Å². The molecule has 3 heterocycles. The van der Waals surface area contributed by atoms with Crippen molar-refractivity contribution in [3.63, 3.8) is 0 Å². The lowest BCUT2D eigenvalue weighted by Gasteiger charge is -2.26. The van der Waals surface area contributed by atoms with Crippen LogP contribution >= 0.6 is 15.9 Å². The molecule has 132 valence electrons. The fraction of sp³-hybridized carbons (Fsp3) is 0.421. The molecule has 0 unspecified atom stereocenters. The highest BCUT2D eigenvalue weighted by Crippen LogP contribution is 2.35.